The first-order valence-electron chi connectivity index (χ1n) is 9.43. The maximum Gasteiger partial charge on any atom is 0.312 e. The van der Waals surface area contributed by atoms with E-state index in [9.17, 15) is 4.79 Å². The molecule has 126 valence electrons. The van der Waals surface area contributed by atoms with Gasteiger partial charge in [-0.2, -0.15) is 0 Å². The first-order valence-corrected chi connectivity index (χ1v) is 9.43. The highest BCUT2D eigenvalue weighted by Gasteiger charge is 2.70. The zero-order chi connectivity index (χ0) is 16.3. The number of hydrogen-bond donors (Lipinski definition) is 0. The molecule has 0 aliphatic heterocycles. The molecule has 0 heterocycles. The van der Waals surface area contributed by atoms with Crippen LogP contribution in [0.1, 0.15) is 80.1 Å². The number of carbonyl (C=O) groups is 1. The van der Waals surface area contributed by atoms with Crippen LogP contribution < -0.4 is 0 Å². The van der Waals surface area contributed by atoms with Gasteiger partial charge in [-0.05, 0) is 69.1 Å². The van der Waals surface area contributed by atoms with Gasteiger partial charge in [0, 0.05) is 5.92 Å². The predicted molar refractivity (Wildman–Crippen MR) is 89.4 cm³/mol. The fraction of sp³-hybridized carbons (Fsp3) is 0.950. The Hall–Kier alpha value is -0.530. The van der Waals surface area contributed by atoms with Crippen LogP contribution in [0.4, 0.5) is 0 Å². The Kier molecular flexibility index (Phi) is 3.70. The summed E-state index contributed by atoms with van der Waals surface area (Å²) in [6, 6.07) is 0. The number of esters is 1. The zero-order valence-corrected chi connectivity index (χ0v) is 15.4. The maximum atomic E-state index is 12.8. The standard InChI is InChI=1S/C20H34O2/c1-7-18(3,4)17(21)22-20(8-2)12-15-13-10-9-11-14(13)16(20)19(15,5)6/h13-16H,7-12H2,1-6H3. The van der Waals surface area contributed by atoms with E-state index in [0.29, 0.717) is 11.3 Å². The second-order valence-electron chi connectivity index (χ2n) is 9.41. The fourth-order valence-corrected chi connectivity index (χ4v) is 6.26. The summed E-state index contributed by atoms with van der Waals surface area (Å²) in [5, 5.41) is 0. The first-order chi connectivity index (χ1) is 10.2. The Bertz CT molecular complexity index is 464. The Morgan fingerprint density at radius 1 is 1.18 bits per heavy atom. The van der Waals surface area contributed by atoms with Crippen LogP contribution in [-0.2, 0) is 9.53 Å². The lowest BCUT2D eigenvalue weighted by atomic mass is 9.70. The van der Waals surface area contributed by atoms with Gasteiger partial charge in [-0.3, -0.25) is 4.79 Å². The summed E-state index contributed by atoms with van der Waals surface area (Å²) < 4.78 is 6.34. The minimum atomic E-state index is -0.358. The normalized spacial score (nSPS) is 42.5. The first kappa shape index (κ1) is 16.3. The molecule has 3 fully saturated rings. The molecule has 3 aliphatic rings. The van der Waals surface area contributed by atoms with E-state index in [0.717, 1.165) is 37.0 Å². The lowest BCUT2D eigenvalue weighted by Crippen LogP contribution is -2.48. The van der Waals surface area contributed by atoms with Crippen molar-refractivity contribution in [2.75, 3.05) is 0 Å². The van der Waals surface area contributed by atoms with E-state index >= 15 is 0 Å². The minimum absolute atomic E-state index is 0.0229. The number of fused-ring (bicyclic) bond motifs is 5. The summed E-state index contributed by atoms with van der Waals surface area (Å²) >= 11 is 0. The molecule has 3 saturated carbocycles. The molecule has 2 nitrogen and oxygen atoms in total. The Labute approximate surface area is 136 Å². The van der Waals surface area contributed by atoms with Crippen LogP contribution >= 0.6 is 0 Å². The molecule has 0 aromatic rings. The highest BCUT2D eigenvalue weighted by atomic mass is 16.6. The number of hydrogen-bond acceptors (Lipinski definition) is 2. The molecule has 0 amide bonds. The number of rotatable bonds is 4. The monoisotopic (exact) mass is 306 g/mol. The Morgan fingerprint density at radius 3 is 2.41 bits per heavy atom. The van der Waals surface area contributed by atoms with E-state index < -0.39 is 0 Å². The molecule has 22 heavy (non-hydrogen) atoms. The highest BCUT2D eigenvalue weighted by molar-refractivity contribution is 5.76. The van der Waals surface area contributed by atoms with Crippen LogP contribution in [0, 0.1) is 34.5 Å². The van der Waals surface area contributed by atoms with Crippen molar-refractivity contribution in [1.82, 2.24) is 0 Å². The van der Waals surface area contributed by atoms with Crippen molar-refractivity contribution in [2.45, 2.75) is 85.7 Å². The summed E-state index contributed by atoms with van der Waals surface area (Å²) in [5.41, 5.74) is -0.213. The lowest BCUT2D eigenvalue weighted by molar-refractivity contribution is -0.182. The van der Waals surface area contributed by atoms with Gasteiger partial charge in [0.25, 0.3) is 0 Å². The van der Waals surface area contributed by atoms with Crippen molar-refractivity contribution >= 4 is 5.97 Å². The molecule has 2 heteroatoms. The predicted octanol–water partition coefficient (Wildman–Crippen LogP) is 5.21. The van der Waals surface area contributed by atoms with Crippen LogP contribution in [0.15, 0.2) is 0 Å². The largest absolute Gasteiger partial charge is 0.458 e. The second kappa shape index (κ2) is 4.98. The third-order valence-electron chi connectivity index (χ3n) is 7.79. The molecule has 0 aromatic heterocycles. The topological polar surface area (TPSA) is 26.3 Å². The molecular formula is C20H34O2. The number of carbonyl (C=O) groups excluding carboxylic acids is 1. The quantitative estimate of drug-likeness (QED) is 0.667. The highest BCUT2D eigenvalue weighted by Crippen LogP contribution is 2.72. The summed E-state index contributed by atoms with van der Waals surface area (Å²) in [6.45, 7) is 13.2. The summed E-state index contributed by atoms with van der Waals surface area (Å²) in [7, 11) is 0. The molecule has 3 rings (SSSR count). The van der Waals surface area contributed by atoms with Crippen LogP contribution in [-0.4, -0.2) is 11.6 Å². The molecule has 5 atom stereocenters. The van der Waals surface area contributed by atoms with Gasteiger partial charge < -0.3 is 4.74 Å². The third kappa shape index (κ3) is 2.01. The van der Waals surface area contributed by atoms with E-state index in [1.165, 1.54) is 19.3 Å². The zero-order valence-electron chi connectivity index (χ0n) is 15.4. The van der Waals surface area contributed by atoms with E-state index in [1.807, 2.05) is 13.8 Å². The van der Waals surface area contributed by atoms with E-state index in [1.54, 1.807) is 0 Å². The third-order valence-corrected chi connectivity index (χ3v) is 7.79. The van der Waals surface area contributed by atoms with Gasteiger partial charge in [-0.1, -0.05) is 34.1 Å². The second-order valence-corrected chi connectivity index (χ2v) is 9.41. The van der Waals surface area contributed by atoms with Crippen LogP contribution in [0.25, 0.3) is 0 Å². The Balaban J connectivity index is 1.90. The molecular weight excluding hydrogens is 272 g/mol. The molecule has 0 radical (unpaired) electrons. The molecule has 0 N–H and O–H groups in total. The van der Waals surface area contributed by atoms with Crippen molar-refractivity contribution in [3.05, 3.63) is 0 Å². The summed E-state index contributed by atoms with van der Waals surface area (Å²) in [6.07, 6.45) is 7.07. The van der Waals surface area contributed by atoms with Gasteiger partial charge in [-0.15, -0.1) is 0 Å². The van der Waals surface area contributed by atoms with Crippen molar-refractivity contribution in [3.63, 3.8) is 0 Å². The summed E-state index contributed by atoms with van der Waals surface area (Å²) in [5.74, 6) is 3.04. The molecule has 5 unspecified atom stereocenters. The van der Waals surface area contributed by atoms with Crippen LogP contribution in [0.3, 0.4) is 0 Å². The van der Waals surface area contributed by atoms with E-state index in [4.69, 9.17) is 4.74 Å². The Morgan fingerprint density at radius 2 is 1.82 bits per heavy atom. The molecule has 0 aromatic carbocycles. The van der Waals surface area contributed by atoms with Gasteiger partial charge in [0.1, 0.15) is 5.60 Å². The maximum absolute atomic E-state index is 12.8. The van der Waals surface area contributed by atoms with Crippen molar-refractivity contribution in [2.24, 2.45) is 34.5 Å². The fourth-order valence-electron chi connectivity index (χ4n) is 6.26. The van der Waals surface area contributed by atoms with Crippen LogP contribution in [0.5, 0.6) is 0 Å². The van der Waals surface area contributed by atoms with Gasteiger partial charge in [0.15, 0.2) is 0 Å². The van der Waals surface area contributed by atoms with Gasteiger partial charge in [0.2, 0.25) is 0 Å². The van der Waals surface area contributed by atoms with Crippen molar-refractivity contribution in [3.8, 4) is 0 Å². The molecule has 3 aliphatic carbocycles. The molecule has 2 bridgehead atoms. The lowest BCUT2D eigenvalue weighted by Gasteiger charge is -2.44. The number of ether oxygens (including phenoxy) is 1. The van der Waals surface area contributed by atoms with Crippen molar-refractivity contribution < 1.29 is 9.53 Å². The smallest absolute Gasteiger partial charge is 0.312 e. The minimum Gasteiger partial charge on any atom is -0.458 e. The van der Waals surface area contributed by atoms with Gasteiger partial charge >= 0.3 is 5.97 Å². The SMILES string of the molecule is CCC(C)(C)C(=O)OC1(CC)CC2C3CCCC3C1C2(C)C. The van der Waals surface area contributed by atoms with Crippen LogP contribution in [0.2, 0.25) is 0 Å². The average Bonchev–Trinajstić information content (AvgIpc) is 3.06. The summed E-state index contributed by atoms with van der Waals surface area (Å²) in [4.78, 5) is 12.8. The van der Waals surface area contributed by atoms with Crippen molar-refractivity contribution in [1.29, 1.82) is 0 Å². The van der Waals surface area contributed by atoms with E-state index in [-0.39, 0.29) is 17.0 Å². The average molecular weight is 306 g/mol. The van der Waals surface area contributed by atoms with Gasteiger partial charge in [-0.25, -0.2) is 0 Å². The van der Waals surface area contributed by atoms with Gasteiger partial charge in [0.05, 0.1) is 5.41 Å². The molecule has 0 saturated heterocycles. The molecule has 0 spiro atoms. The van der Waals surface area contributed by atoms with E-state index in [2.05, 4.69) is 27.7 Å².